The number of aliphatic hydroxyl groups is 2. The van der Waals surface area contributed by atoms with E-state index in [4.69, 9.17) is 5.11 Å². The standard InChI is InChI=1S/C18H22N2O2/c21-11-5-10-19-12-14(22)13-20-17-8-3-1-6-15(17)16-7-2-4-9-18(16)20/h1-4,6-9,14,19,21-22H,5,10-13H2/t14-/m0/s1. The van der Waals surface area contributed by atoms with Gasteiger partial charge >= 0.3 is 0 Å². The minimum Gasteiger partial charge on any atom is -0.396 e. The monoisotopic (exact) mass is 298 g/mol. The minimum atomic E-state index is -0.460. The minimum absolute atomic E-state index is 0.177. The normalized spacial score (nSPS) is 13.0. The van der Waals surface area contributed by atoms with Crippen molar-refractivity contribution in [2.75, 3.05) is 19.7 Å². The number of nitrogens with one attached hydrogen (secondary N) is 1. The fourth-order valence-electron chi connectivity index (χ4n) is 2.95. The third kappa shape index (κ3) is 2.99. The summed E-state index contributed by atoms with van der Waals surface area (Å²) in [5.41, 5.74) is 2.30. The summed E-state index contributed by atoms with van der Waals surface area (Å²) in [5, 5.41) is 24.7. The van der Waals surface area contributed by atoms with Gasteiger partial charge in [0.25, 0.3) is 0 Å². The lowest BCUT2D eigenvalue weighted by atomic mass is 10.2. The van der Waals surface area contributed by atoms with E-state index >= 15 is 0 Å². The van der Waals surface area contributed by atoms with E-state index in [9.17, 15) is 5.11 Å². The number of fused-ring (bicyclic) bond motifs is 3. The molecule has 0 aliphatic heterocycles. The Morgan fingerprint density at radius 1 is 0.955 bits per heavy atom. The molecule has 116 valence electrons. The van der Waals surface area contributed by atoms with Crippen LogP contribution >= 0.6 is 0 Å². The van der Waals surface area contributed by atoms with Crippen LogP contribution in [0.5, 0.6) is 0 Å². The lowest BCUT2D eigenvalue weighted by molar-refractivity contribution is 0.153. The van der Waals surface area contributed by atoms with Crippen molar-refractivity contribution in [2.45, 2.75) is 19.1 Å². The van der Waals surface area contributed by atoms with Crippen molar-refractivity contribution in [1.82, 2.24) is 9.88 Å². The first-order chi connectivity index (χ1) is 10.8. The van der Waals surface area contributed by atoms with E-state index in [2.05, 4.69) is 34.1 Å². The molecule has 0 spiro atoms. The van der Waals surface area contributed by atoms with Gasteiger partial charge in [0.1, 0.15) is 0 Å². The van der Waals surface area contributed by atoms with Gasteiger partial charge in [0.2, 0.25) is 0 Å². The van der Waals surface area contributed by atoms with E-state index < -0.39 is 6.10 Å². The first-order valence-corrected chi connectivity index (χ1v) is 7.77. The Kier molecular flexibility index (Phi) is 4.73. The molecule has 1 heterocycles. The Labute approximate surface area is 130 Å². The summed E-state index contributed by atoms with van der Waals surface area (Å²) in [6.07, 6.45) is 0.250. The molecule has 3 rings (SSSR count). The number of hydrogen-bond donors (Lipinski definition) is 3. The zero-order valence-electron chi connectivity index (χ0n) is 12.6. The lowest BCUT2D eigenvalue weighted by Crippen LogP contribution is -2.31. The van der Waals surface area contributed by atoms with Crippen molar-refractivity contribution >= 4 is 21.8 Å². The highest BCUT2D eigenvalue weighted by molar-refractivity contribution is 6.07. The molecule has 0 fully saturated rings. The SMILES string of the molecule is OCCCNC[C@H](O)Cn1c2ccccc2c2ccccc21. The van der Waals surface area contributed by atoms with Crippen LogP contribution in [-0.4, -0.2) is 40.6 Å². The Morgan fingerprint density at radius 3 is 2.14 bits per heavy atom. The molecule has 0 bridgehead atoms. The van der Waals surface area contributed by atoms with Crippen LogP contribution in [0.3, 0.4) is 0 Å². The summed E-state index contributed by atoms with van der Waals surface area (Å²) in [6.45, 7) is 1.98. The molecule has 4 nitrogen and oxygen atoms in total. The summed E-state index contributed by atoms with van der Waals surface area (Å²) in [7, 11) is 0. The van der Waals surface area contributed by atoms with Crippen LogP contribution < -0.4 is 5.32 Å². The van der Waals surface area contributed by atoms with Gasteiger partial charge in [0, 0.05) is 35.0 Å². The topological polar surface area (TPSA) is 57.4 Å². The molecule has 3 N–H and O–H groups in total. The van der Waals surface area contributed by atoms with Gasteiger partial charge in [-0.05, 0) is 25.1 Å². The van der Waals surface area contributed by atoms with Gasteiger partial charge in [-0.2, -0.15) is 0 Å². The van der Waals surface area contributed by atoms with Crippen molar-refractivity contribution in [3.8, 4) is 0 Å². The first kappa shape index (κ1) is 15.0. The molecule has 1 atom stereocenters. The second kappa shape index (κ2) is 6.92. The lowest BCUT2D eigenvalue weighted by Gasteiger charge is -2.14. The van der Waals surface area contributed by atoms with Crippen molar-refractivity contribution in [1.29, 1.82) is 0 Å². The van der Waals surface area contributed by atoms with E-state index in [0.29, 0.717) is 19.5 Å². The maximum absolute atomic E-state index is 10.3. The molecule has 0 unspecified atom stereocenters. The molecular formula is C18H22N2O2. The van der Waals surface area contributed by atoms with Crippen LogP contribution in [0.25, 0.3) is 21.8 Å². The van der Waals surface area contributed by atoms with E-state index in [1.54, 1.807) is 0 Å². The average Bonchev–Trinajstić information content (AvgIpc) is 2.87. The quantitative estimate of drug-likeness (QED) is 0.586. The van der Waals surface area contributed by atoms with Crippen molar-refractivity contribution in [2.24, 2.45) is 0 Å². The van der Waals surface area contributed by atoms with E-state index in [-0.39, 0.29) is 6.61 Å². The van der Waals surface area contributed by atoms with E-state index in [1.165, 1.54) is 10.8 Å². The van der Waals surface area contributed by atoms with Gasteiger partial charge in [-0.15, -0.1) is 0 Å². The highest BCUT2D eigenvalue weighted by Crippen LogP contribution is 2.28. The fraction of sp³-hybridized carbons (Fsp3) is 0.333. The van der Waals surface area contributed by atoms with E-state index in [0.717, 1.165) is 17.6 Å². The molecule has 4 heteroatoms. The third-order valence-corrected chi connectivity index (χ3v) is 3.96. The summed E-state index contributed by atoms with van der Waals surface area (Å²) in [5.74, 6) is 0. The number of aliphatic hydroxyl groups excluding tert-OH is 2. The summed E-state index contributed by atoms with van der Waals surface area (Å²) in [4.78, 5) is 0. The predicted molar refractivity (Wildman–Crippen MR) is 90.0 cm³/mol. The van der Waals surface area contributed by atoms with Crippen LogP contribution in [0.4, 0.5) is 0 Å². The number of rotatable bonds is 7. The highest BCUT2D eigenvalue weighted by atomic mass is 16.3. The Balaban J connectivity index is 1.85. The zero-order valence-corrected chi connectivity index (χ0v) is 12.6. The molecule has 0 saturated carbocycles. The summed E-state index contributed by atoms with van der Waals surface area (Å²) < 4.78 is 2.18. The molecule has 3 aromatic rings. The van der Waals surface area contributed by atoms with Gasteiger partial charge in [-0.25, -0.2) is 0 Å². The van der Waals surface area contributed by atoms with Crippen LogP contribution in [0.15, 0.2) is 48.5 Å². The third-order valence-electron chi connectivity index (χ3n) is 3.96. The predicted octanol–water partition coefficient (Wildman–Crippen LogP) is 2.13. The maximum Gasteiger partial charge on any atom is 0.0843 e. The second-order valence-corrected chi connectivity index (χ2v) is 5.58. The molecule has 22 heavy (non-hydrogen) atoms. The molecule has 0 aliphatic rings. The van der Waals surface area contributed by atoms with Gasteiger partial charge < -0.3 is 20.1 Å². The molecule has 0 saturated heterocycles. The molecule has 0 aliphatic carbocycles. The van der Waals surface area contributed by atoms with Crippen molar-refractivity contribution < 1.29 is 10.2 Å². The Bertz CT molecular complexity index is 698. The van der Waals surface area contributed by atoms with Crippen LogP contribution in [-0.2, 0) is 6.54 Å². The largest absolute Gasteiger partial charge is 0.396 e. The summed E-state index contributed by atoms with van der Waals surface area (Å²) in [6, 6.07) is 16.6. The molecular weight excluding hydrogens is 276 g/mol. The Morgan fingerprint density at radius 2 is 1.55 bits per heavy atom. The summed E-state index contributed by atoms with van der Waals surface area (Å²) >= 11 is 0. The molecule has 0 amide bonds. The number of nitrogens with zero attached hydrogens (tertiary/aromatic N) is 1. The number of aromatic nitrogens is 1. The number of para-hydroxylation sites is 2. The smallest absolute Gasteiger partial charge is 0.0843 e. The van der Waals surface area contributed by atoms with Gasteiger partial charge in [0.05, 0.1) is 12.6 Å². The van der Waals surface area contributed by atoms with Crippen LogP contribution in [0, 0.1) is 0 Å². The van der Waals surface area contributed by atoms with Gasteiger partial charge in [0.15, 0.2) is 0 Å². The number of benzene rings is 2. The number of hydrogen-bond acceptors (Lipinski definition) is 3. The highest BCUT2D eigenvalue weighted by Gasteiger charge is 2.12. The molecule has 2 aromatic carbocycles. The average molecular weight is 298 g/mol. The first-order valence-electron chi connectivity index (χ1n) is 7.77. The van der Waals surface area contributed by atoms with Gasteiger partial charge in [-0.3, -0.25) is 0 Å². The van der Waals surface area contributed by atoms with Crippen LogP contribution in [0.1, 0.15) is 6.42 Å². The van der Waals surface area contributed by atoms with E-state index in [1.807, 2.05) is 24.3 Å². The Hall–Kier alpha value is -1.88. The van der Waals surface area contributed by atoms with Gasteiger partial charge in [-0.1, -0.05) is 36.4 Å². The fourth-order valence-corrected chi connectivity index (χ4v) is 2.95. The van der Waals surface area contributed by atoms with Crippen LogP contribution in [0.2, 0.25) is 0 Å². The van der Waals surface area contributed by atoms with Crippen molar-refractivity contribution in [3.05, 3.63) is 48.5 Å². The maximum atomic E-state index is 10.3. The second-order valence-electron chi connectivity index (χ2n) is 5.58. The molecule has 0 radical (unpaired) electrons. The van der Waals surface area contributed by atoms with Crippen molar-refractivity contribution in [3.63, 3.8) is 0 Å². The zero-order chi connectivity index (χ0) is 15.4. The molecule has 1 aromatic heterocycles.